The van der Waals surface area contributed by atoms with Gasteiger partial charge in [0.05, 0.1) is 11.7 Å². The first-order valence-corrected chi connectivity index (χ1v) is 12.4. The molecule has 1 amide bonds. The molecule has 1 aliphatic heterocycles. The second-order valence-corrected chi connectivity index (χ2v) is 9.83. The van der Waals surface area contributed by atoms with Crippen LogP contribution in [0.2, 0.25) is 0 Å². The van der Waals surface area contributed by atoms with Crippen molar-refractivity contribution in [2.24, 2.45) is 5.92 Å². The molecule has 6 heteroatoms. The van der Waals surface area contributed by atoms with Crippen molar-refractivity contribution in [2.75, 3.05) is 18.0 Å². The van der Waals surface area contributed by atoms with Gasteiger partial charge < -0.3 is 10.2 Å². The minimum absolute atomic E-state index is 0.0111. The fourth-order valence-corrected chi connectivity index (χ4v) is 5.10. The van der Waals surface area contributed by atoms with Gasteiger partial charge in [-0.2, -0.15) is 9.61 Å². The Hall–Kier alpha value is -3.67. The Balaban J connectivity index is 1.32. The number of carbonyl (C=O) groups is 1. The van der Waals surface area contributed by atoms with E-state index in [0.29, 0.717) is 0 Å². The van der Waals surface area contributed by atoms with Crippen LogP contribution in [-0.2, 0) is 4.79 Å². The first-order chi connectivity index (χ1) is 16.9. The zero-order chi connectivity index (χ0) is 24.5. The first kappa shape index (κ1) is 23.1. The van der Waals surface area contributed by atoms with Crippen molar-refractivity contribution in [2.45, 2.75) is 46.6 Å². The van der Waals surface area contributed by atoms with Gasteiger partial charge >= 0.3 is 0 Å². The summed E-state index contributed by atoms with van der Waals surface area (Å²) >= 11 is 0. The largest absolute Gasteiger partial charge is 0.356 e. The Labute approximate surface area is 207 Å². The van der Waals surface area contributed by atoms with Crippen molar-refractivity contribution in [3.8, 4) is 11.3 Å². The number of nitrogens with zero attached hydrogens (tertiary/aromatic N) is 4. The monoisotopic (exact) mass is 467 g/mol. The molecule has 0 spiro atoms. The number of benzene rings is 2. The minimum Gasteiger partial charge on any atom is -0.356 e. The number of hydrogen-bond donors (Lipinski definition) is 1. The summed E-state index contributed by atoms with van der Waals surface area (Å²) in [4.78, 5) is 20.0. The third-order valence-corrected chi connectivity index (χ3v) is 6.90. The lowest BCUT2D eigenvalue weighted by atomic mass is 9.95. The number of rotatable bonds is 5. The van der Waals surface area contributed by atoms with Gasteiger partial charge in [0.15, 0.2) is 5.65 Å². The molecule has 5 rings (SSSR count). The molecule has 35 heavy (non-hydrogen) atoms. The van der Waals surface area contributed by atoms with Crippen LogP contribution in [0.25, 0.3) is 16.9 Å². The molecule has 1 atom stereocenters. The average Bonchev–Trinajstić information content (AvgIpc) is 3.27. The van der Waals surface area contributed by atoms with Crippen LogP contribution in [0.5, 0.6) is 0 Å². The number of amides is 1. The molecule has 2 aromatic carbocycles. The zero-order valence-electron chi connectivity index (χ0n) is 21.0. The Morgan fingerprint density at radius 2 is 1.66 bits per heavy atom. The second kappa shape index (κ2) is 9.53. The lowest BCUT2D eigenvalue weighted by Gasteiger charge is -2.33. The number of aromatic nitrogens is 3. The normalized spacial score (nSPS) is 15.4. The van der Waals surface area contributed by atoms with Gasteiger partial charge in [-0.15, -0.1) is 0 Å². The highest BCUT2D eigenvalue weighted by Gasteiger charge is 2.27. The van der Waals surface area contributed by atoms with Crippen LogP contribution < -0.4 is 10.2 Å². The zero-order valence-corrected chi connectivity index (χ0v) is 21.0. The smallest absolute Gasteiger partial charge is 0.223 e. The van der Waals surface area contributed by atoms with Gasteiger partial charge in [-0.25, -0.2) is 4.98 Å². The van der Waals surface area contributed by atoms with Crippen molar-refractivity contribution in [1.29, 1.82) is 0 Å². The average molecular weight is 468 g/mol. The third-order valence-electron chi connectivity index (χ3n) is 6.90. The van der Waals surface area contributed by atoms with E-state index in [1.807, 2.05) is 36.6 Å². The molecule has 0 bridgehead atoms. The highest BCUT2D eigenvalue weighted by atomic mass is 16.1. The molecule has 0 unspecified atom stereocenters. The molecule has 4 aromatic rings. The standard InChI is InChI=1S/C29H33N5O/c1-19-14-20(2)16-25(15-19)26-18-27-30-21(3)17-28(34(27)32-26)33-12-10-24(11-13-33)29(35)31-22(4)23-8-6-5-7-9-23/h5-9,14-18,22,24H,10-13H2,1-4H3,(H,31,35)/t22-/m0/s1. The van der Waals surface area contributed by atoms with E-state index >= 15 is 0 Å². The molecule has 1 fully saturated rings. The highest BCUT2D eigenvalue weighted by Crippen LogP contribution is 2.28. The molecule has 180 valence electrons. The Morgan fingerprint density at radius 1 is 0.971 bits per heavy atom. The van der Waals surface area contributed by atoms with Gasteiger partial charge in [0.1, 0.15) is 5.82 Å². The van der Waals surface area contributed by atoms with E-state index in [1.54, 1.807) is 0 Å². The molecule has 0 saturated carbocycles. The van der Waals surface area contributed by atoms with E-state index in [1.165, 1.54) is 11.1 Å². The molecule has 6 nitrogen and oxygen atoms in total. The fourth-order valence-electron chi connectivity index (χ4n) is 5.10. The fraction of sp³-hybridized carbons (Fsp3) is 0.345. The van der Waals surface area contributed by atoms with Crippen molar-refractivity contribution >= 4 is 17.4 Å². The van der Waals surface area contributed by atoms with Crippen LogP contribution in [0, 0.1) is 26.7 Å². The molecular formula is C29H33N5O. The van der Waals surface area contributed by atoms with Crippen LogP contribution in [-0.4, -0.2) is 33.6 Å². The number of aryl methyl sites for hydroxylation is 3. The SMILES string of the molecule is Cc1cc(C)cc(-c2cc3nc(C)cc(N4CCC(C(=O)N[C@@H](C)c5ccccc5)CC4)n3n2)c1. The number of hydrogen-bond acceptors (Lipinski definition) is 4. The summed E-state index contributed by atoms with van der Waals surface area (Å²) in [5, 5.41) is 8.15. The van der Waals surface area contributed by atoms with Gasteiger partial charge in [0, 0.05) is 42.4 Å². The van der Waals surface area contributed by atoms with Crippen molar-refractivity contribution in [1.82, 2.24) is 19.9 Å². The maximum atomic E-state index is 12.9. The van der Waals surface area contributed by atoms with Gasteiger partial charge in [0.25, 0.3) is 0 Å². The van der Waals surface area contributed by atoms with E-state index < -0.39 is 0 Å². The van der Waals surface area contributed by atoms with E-state index in [9.17, 15) is 4.79 Å². The molecule has 1 saturated heterocycles. The third kappa shape index (κ3) is 4.92. The Bertz CT molecular complexity index is 1330. The summed E-state index contributed by atoms with van der Waals surface area (Å²) in [6.45, 7) is 9.92. The summed E-state index contributed by atoms with van der Waals surface area (Å²) in [5.74, 6) is 1.21. The number of piperidine rings is 1. The van der Waals surface area contributed by atoms with Crippen LogP contribution >= 0.6 is 0 Å². The Kier molecular flexibility index (Phi) is 6.29. The summed E-state index contributed by atoms with van der Waals surface area (Å²) in [6, 6.07) is 20.8. The van der Waals surface area contributed by atoms with Crippen molar-refractivity contribution < 1.29 is 4.79 Å². The van der Waals surface area contributed by atoms with Gasteiger partial charge in [-0.3, -0.25) is 4.79 Å². The molecule has 0 radical (unpaired) electrons. The first-order valence-electron chi connectivity index (χ1n) is 12.4. The van der Waals surface area contributed by atoms with E-state index in [4.69, 9.17) is 10.1 Å². The van der Waals surface area contributed by atoms with Gasteiger partial charge in [0.2, 0.25) is 5.91 Å². The summed E-state index contributed by atoms with van der Waals surface area (Å²) in [7, 11) is 0. The van der Waals surface area contributed by atoms with Crippen molar-refractivity contribution in [3.63, 3.8) is 0 Å². The van der Waals surface area contributed by atoms with Crippen LogP contribution in [0.4, 0.5) is 5.82 Å². The number of carbonyl (C=O) groups excluding carboxylic acids is 1. The maximum absolute atomic E-state index is 12.9. The predicted molar refractivity (Wildman–Crippen MR) is 141 cm³/mol. The number of anilines is 1. The van der Waals surface area contributed by atoms with E-state index in [-0.39, 0.29) is 17.9 Å². The predicted octanol–water partition coefficient (Wildman–Crippen LogP) is 5.42. The van der Waals surface area contributed by atoms with E-state index in [2.05, 4.69) is 66.5 Å². The number of fused-ring (bicyclic) bond motifs is 1. The van der Waals surface area contributed by atoms with Crippen LogP contribution in [0.15, 0.2) is 60.7 Å². The Morgan fingerprint density at radius 3 is 2.34 bits per heavy atom. The van der Waals surface area contributed by atoms with E-state index in [0.717, 1.165) is 59.9 Å². The second-order valence-electron chi connectivity index (χ2n) is 9.83. The highest BCUT2D eigenvalue weighted by molar-refractivity contribution is 5.79. The molecule has 2 aromatic heterocycles. The summed E-state index contributed by atoms with van der Waals surface area (Å²) < 4.78 is 1.96. The molecule has 0 aliphatic carbocycles. The topological polar surface area (TPSA) is 62.5 Å². The van der Waals surface area contributed by atoms with Gasteiger partial charge in [-0.1, -0.05) is 47.5 Å². The maximum Gasteiger partial charge on any atom is 0.223 e. The lowest BCUT2D eigenvalue weighted by Crippen LogP contribution is -2.41. The lowest BCUT2D eigenvalue weighted by molar-refractivity contribution is -0.126. The number of nitrogens with one attached hydrogen (secondary N) is 1. The van der Waals surface area contributed by atoms with Gasteiger partial charge in [-0.05, 0) is 58.2 Å². The molecule has 1 aliphatic rings. The van der Waals surface area contributed by atoms with Crippen molar-refractivity contribution in [3.05, 3.63) is 83.0 Å². The van der Waals surface area contributed by atoms with Crippen LogP contribution in [0.3, 0.4) is 0 Å². The molecule has 1 N–H and O–H groups in total. The summed E-state index contributed by atoms with van der Waals surface area (Å²) in [6.07, 6.45) is 1.64. The quantitative estimate of drug-likeness (QED) is 0.426. The molecular weight excluding hydrogens is 434 g/mol. The van der Waals surface area contributed by atoms with Crippen LogP contribution in [0.1, 0.15) is 48.2 Å². The molecule has 3 heterocycles. The summed E-state index contributed by atoms with van der Waals surface area (Å²) in [5.41, 5.74) is 7.44. The minimum atomic E-state index is 0.0111.